The van der Waals surface area contributed by atoms with Gasteiger partial charge in [-0.3, -0.25) is 4.79 Å². The van der Waals surface area contributed by atoms with Crippen molar-refractivity contribution in [1.82, 2.24) is 9.88 Å². The molecule has 0 aliphatic carbocycles. The van der Waals surface area contributed by atoms with Crippen LogP contribution in [0.25, 0.3) is 10.9 Å². The summed E-state index contributed by atoms with van der Waals surface area (Å²) in [5, 5.41) is 1.06. The molecule has 0 unspecified atom stereocenters. The lowest BCUT2D eigenvalue weighted by Crippen LogP contribution is -2.31. The summed E-state index contributed by atoms with van der Waals surface area (Å²) in [6.07, 6.45) is 0. The largest absolute Gasteiger partial charge is 0.467 e. The predicted molar refractivity (Wildman–Crippen MR) is 97.4 cm³/mol. The number of carbonyl (C=O) groups excluding carboxylic acids is 1. The van der Waals surface area contributed by atoms with Crippen molar-refractivity contribution in [2.45, 2.75) is 26.9 Å². The minimum absolute atomic E-state index is 0.0441. The fraction of sp³-hybridized carbons (Fsp3) is 0.238. The van der Waals surface area contributed by atoms with E-state index in [-0.39, 0.29) is 18.3 Å². The molecule has 1 aromatic heterocycles. The number of halogens is 1. The number of hydrogen-bond donors (Lipinski definition) is 0. The van der Waals surface area contributed by atoms with Gasteiger partial charge < -0.3 is 9.64 Å². The molecule has 0 fully saturated rings. The molecule has 0 spiro atoms. The second-order valence-electron chi connectivity index (χ2n) is 6.77. The number of carbonyl (C=O) groups is 1. The number of nitrogens with zero attached hydrogens (tertiary/aromatic N) is 2. The fourth-order valence-corrected chi connectivity index (χ4v) is 3.36. The SMILES string of the molecule is Cc1cc(C)c2cc3c(nc2c1)OCC(=O)N(Cc1ccc(F)cc1)C3. The zero-order valence-corrected chi connectivity index (χ0v) is 14.8. The van der Waals surface area contributed by atoms with E-state index in [4.69, 9.17) is 4.74 Å². The van der Waals surface area contributed by atoms with E-state index >= 15 is 0 Å². The molecule has 5 heteroatoms. The number of aromatic nitrogens is 1. The van der Waals surface area contributed by atoms with Gasteiger partial charge >= 0.3 is 0 Å². The Bertz CT molecular complexity index is 999. The van der Waals surface area contributed by atoms with E-state index < -0.39 is 0 Å². The van der Waals surface area contributed by atoms with Crippen LogP contribution in [0.2, 0.25) is 0 Å². The van der Waals surface area contributed by atoms with Crippen LogP contribution in [0.15, 0.2) is 42.5 Å². The summed E-state index contributed by atoms with van der Waals surface area (Å²) in [7, 11) is 0. The van der Waals surface area contributed by atoms with E-state index in [9.17, 15) is 9.18 Å². The standard InChI is InChI=1S/C21H19FN2O2/c1-13-7-14(2)18-9-16-11-24(10-15-3-5-17(22)6-4-15)20(25)12-26-21(16)23-19(18)8-13/h3-9H,10-12H2,1-2H3. The Hall–Kier alpha value is -2.95. The van der Waals surface area contributed by atoms with Crippen LogP contribution < -0.4 is 4.74 Å². The third-order valence-corrected chi connectivity index (χ3v) is 4.66. The van der Waals surface area contributed by atoms with Crippen molar-refractivity contribution in [3.05, 3.63) is 70.5 Å². The second kappa shape index (κ2) is 6.41. The van der Waals surface area contributed by atoms with Crippen LogP contribution in [-0.2, 0) is 17.9 Å². The van der Waals surface area contributed by atoms with E-state index in [1.54, 1.807) is 17.0 Å². The summed E-state index contributed by atoms with van der Waals surface area (Å²) in [6.45, 7) is 4.88. The molecular formula is C21H19FN2O2. The maximum Gasteiger partial charge on any atom is 0.261 e. The van der Waals surface area contributed by atoms with Gasteiger partial charge in [0.05, 0.1) is 12.1 Å². The lowest BCUT2D eigenvalue weighted by molar-refractivity contribution is -0.133. The summed E-state index contributed by atoms with van der Waals surface area (Å²) >= 11 is 0. The maximum absolute atomic E-state index is 13.1. The minimum atomic E-state index is -0.286. The van der Waals surface area contributed by atoms with Crippen molar-refractivity contribution in [2.75, 3.05) is 6.61 Å². The van der Waals surface area contributed by atoms with Gasteiger partial charge in [-0.15, -0.1) is 0 Å². The predicted octanol–water partition coefficient (Wildman–Crippen LogP) is 3.91. The first kappa shape index (κ1) is 16.5. The maximum atomic E-state index is 13.1. The number of fused-ring (bicyclic) bond motifs is 2. The molecule has 132 valence electrons. The molecule has 1 amide bonds. The van der Waals surface area contributed by atoms with E-state index in [0.29, 0.717) is 19.0 Å². The molecule has 2 aromatic carbocycles. The molecule has 2 heterocycles. The molecule has 0 atom stereocenters. The summed E-state index contributed by atoms with van der Waals surface area (Å²) in [5.74, 6) is 0.118. The monoisotopic (exact) mass is 350 g/mol. The highest BCUT2D eigenvalue weighted by molar-refractivity contribution is 5.85. The van der Waals surface area contributed by atoms with E-state index in [1.807, 2.05) is 13.0 Å². The van der Waals surface area contributed by atoms with E-state index in [2.05, 4.69) is 24.0 Å². The molecule has 0 saturated carbocycles. The van der Waals surface area contributed by atoms with Crippen molar-refractivity contribution in [3.8, 4) is 5.88 Å². The number of amides is 1. The fourth-order valence-electron chi connectivity index (χ4n) is 3.36. The van der Waals surface area contributed by atoms with Gasteiger partial charge in [0, 0.05) is 17.5 Å². The molecule has 0 bridgehead atoms. The van der Waals surface area contributed by atoms with Crippen molar-refractivity contribution >= 4 is 16.8 Å². The zero-order valence-electron chi connectivity index (χ0n) is 14.8. The highest BCUT2D eigenvalue weighted by atomic mass is 19.1. The molecule has 4 rings (SSSR count). The van der Waals surface area contributed by atoms with Crippen LogP contribution >= 0.6 is 0 Å². The van der Waals surface area contributed by atoms with Crippen molar-refractivity contribution in [1.29, 1.82) is 0 Å². The number of benzene rings is 2. The van der Waals surface area contributed by atoms with Crippen LogP contribution in [-0.4, -0.2) is 22.4 Å². The molecule has 3 aromatic rings. The first-order valence-corrected chi connectivity index (χ1v) is 8.55. The third-order valence-electron chi connectivity index (χ3n) is 4.66. The highest BCUT2D eigenvalue weighted by Gasteiger charge is 2.23. The van der Waals surface area contributed by atoms with Gasteiger partial charge in [-0.1, -0.05) is 18.2 Å². The minimum Gasteiger partial charge on any atom is -0.467 e. The van der Waals surface area contributed by atoms with Crippen LogP contribution in [0.4, 0.5) is 4.39 Å². The van der Waals surface area contributed by atoms with Crippen molar-refractivity contribution < 1.29 is 13.9 Å². The van der Waals surface area contributed by atoms with Gasteiger partial charge in [0.1, 0.15) is 5.82 Å². The molecule has 0 radical (unpaired) electrons. The first-order chi connectivity index (χ1) is 12.5. The number of rotatable bonds is 2. The number of pyridine rings is 1. The second-order valence-corrected chi connectivity index (χ2v) is 6.77. The Morgan fingerprint density at radius 3 is 2.69 bits per heavy atom. The number of ether oxygens (including phenoxy) is 1. The van der Waals surface area contributed by atoms with Crippen molar-refractivity contribution in [2.24, 2.45) is 0 Å². The molecule has 1 aliphatic heterocycles. The van der Waals surface area contributed by atoms with Gasteiger partial charge in [-0.05, 0) is 54.8 Å². The Balaban J connectivity index is 1.70. The average Bonchev–Trinajstić information content (AvgIpc) is 2.75. The van der Waals surface area contributed by atoms with Gasteiger partial charge in [0.15, 0.2) is 6.61 Å². The Morgan fingerprint density at radius 1 is 1.15 bits per heavy atom. The average molecular weight is 350 g/mol. The van der Waals surface area contributed by atoms with Gasteiger partial charge in [0.2, 0.25) is 5.88 Å². The summed E-state index contributed by atoms with van der Waals surface area (Å²) in [4.78, 5) is 18.8. The molecule has 26 heavy (non-hydrogen) atoms. The summed E-state index contributed by atoms with van der Waals surface area (Å²) in [6, 6.07) is 12.4. The summed E-state index contributed by atoms with van der Waals surface area (Å²) < 4.78 is 18.8. The first-order valence-electron chi connectivity index (χ1n) is 8.55. The molecule has 4 nitrogen and oxygen atoms in total. The van der Waals surface area contributed by atoms with Crippen LogP contribution in [0, 0.1) is 19.7 Å². The highest BCUT2D eigenvalue weighted by Crippen LogP contribution is 2.29. The van der Waals surface area contributed by atoms with Crippen LogP contribution in [0.1, 0.15) is 22.3 Å². The zero-order chi connectivity index (χ0) is 18.3. The quantitative estimate of drug-likeness (QED) is 0.704. The van der Waals surface area contributed by atoms with E-state index in [0.717, 1.165) is 33.2 Å². The Morgan fingerprint density at radius 2 is 1.92 bits per heavy atom. The van der Waals surface area contributed by atoms with Crippen LogP contribution in [0.5, 0.6) is 5.88 Å². The smallest absolute Gasteiger partial charge is 0.261 e. The van der Waals surface area contributed by atoms with Gasteiger partial charge in [0.25, 0.3) is 5.91 Å². The van der Waals surface area contributed by atoms with E-state index in [1.165, 1.54) is 12.1 Å². The van der Waals surface area contributed by atoms with Gasteiger partial charge in [-0.2, -0.15) is 0 Å². The Kier molecular flexibility index (Phi) is 4.07. The normalized spacial score (nSPS) is 14.1. The van der Waals surface area contributed by atoms with Gasteiger partial charge in [-0.25, -0.2) is 9.37 Å². The lowest BCUT2D eigenvalue weighted by Gasteiger charge is -2.20. The Labute approximate surface area is 151 Å². The topological polar surface area (TPSA) is 42.4 Å². The summed E-state index contributed by atoms with van der Waals surface area (Å²) in [5.41, 5.74) is 4.93. The molecule has 1 aliphatic rings. The van der Waals surface area contributed by atoms with Crippen LogP contribution in [0.3, 0.4) is 0 Å². The molecular weight excluding hydrogens is 331 g/mol. The van der Waals surface area contributed by atoms with Crippen molar-refractivity contribution in [3.63, 3.8) is 0 Å². The lowest BCUT2D eigenvalue weighted by atomic mass is 10.0. The number of hydrogen-bond acceptors (Lipinski definition) is 3. The number of aryl methyl sites for hydroxylation is 2. The molecule has 0 N–H and O–H groups in total. The molecule has 0 saturated heterocycles. The third kappa shape index (κ3) is 3.12.